The molecule has 8 heteroatoms. The van der Waals surface area contributed by atoms with Gasteiger partial charge in [-0.05, 0) is 38.8 Å². The molecule has 0 unspecified atom stereocenters. The Hall–Kier alpha value is -1.38. The maximum absolute atomic E-state index is 12.2. The molecule has 3 aliphatic heterocycles. The van der Waals surface area contributed by atoms with Gasteiger partial charge in [-0.3, -0.25) is 9.69 Å². The summed E-state index contributed by atoms with van der Waals surface area (Å²) in [5.74, 6) is -1.10. The molecular formula is C16H28N4O4. The van der Waals surface area contributed by atoms with E-state index in [1.165, 1.54) is 12.8 Å². The van der Waals surface area contributed by atoms with Crippen LogP contribution in [0, 0.1) is 5.92 Å². The number of piperazine rings is 1. The number of carbonyl (C=O) groups is 2. The van der Waals surface area contributed by atoms with E-state index in [2.05, 4.69) is 10.2 Å². The van der Waals surface area contributed by atoms with Crippen LogP contribution in [0.2, 0.25) is 0 Å². The molecule has 2 N–H and O–H groups in total. The van der Waals surface area contributed by atoms with Crippen molar-refractivity contribution in [3.05, 3.63) is 0 Å². The molecule has 0 aromatic rings. The number of rotatable bonds is 3. The number of hydrogen-bond donors (Lipinski definition) is 2. The van der Waals surface area contributed by atoms with Gasteiger partial charge in [-0.2, -0.15) is 0 Å². The van der Waals surface area contributed by atoms with Crippen molar-refractivity contribution >= 4 is 12.1 Å². The average Bonchev–Trinajstić information content (AvgIpc) is 2.63. The van der Waals surface area contributed by atoms with Crippen molar-refractivity contribution in [3.8, 4) is 0 Å². The van der Waals surface area contributed by atoms with Crippen LogP contribution in [-0.2, 0) is 9.63 Å². The van der Waals surface area contributed by atoms with Crippen molar-refractivity contribution in [2.75, 3.05) is 52.4 Å². The summed E-state index contributed by atoms with van der Waals surface area (Å²) in [5.41, 5.74) is 0. The third kappa shape index (κ3) is 4.37. The van der Waals surface area contributed by atoms with E-state index >= 15 is 0 Å². The molecule has 3 rings (SSSR count). The van der Waals surface area contributed by atoms with Crippen LogP contribution in [0.1, 0.15) is 25.7 Å². The summed E-state index contributed by atoms with van der Waals surface area (Å²) in [6.07, 6.45) is 3.06. The smallest absolute Gasteiger partial charge is 0.428 e. The van der Waals surface area contributed by atoms with Crippen LogP contribution >= 0.6 is 0 Å². The minimum absolute atomic E-state index is 0.331. The molecule has 0 radical (unpaired) electrons. The summed E-state index contributed by atoms with van der Waals surface area (Å²) in [6, 6.07) is 0.652. The number of nitrogens with zero attached hydrogens (tertiary/aromatic N) is 3. The standard InChI is InChI=1S/C16H28N4O4/c21-15(22)13-3-7-19(8-4-13)16(23)24-20-11-9-18(10-12-20)14-1-5-17-6-2-14/h13-14,17H,1-12H2,(H,21,22). The molecule has 0 aromatic heterocycles. The summed E-state index contributed by atoms with van der Waals surface area (Å²) in [5, 5.41) is 14.1. The predicted molar refractivity (Wildman–Crippen MR) is 87.5 cm³/mol. The van der Waals surface area contributed by atoms with Gasteiger partial charge in [-0.1, -0.05) is 0 Å². The summed E-state index contributed by atoms with van der Waals surface area (Å²) in [4.78, 5) is 32.8. The number of aliphatic carboxylic acids is 1. The van der Waals surface area contributed by atoms with E-state index in [0.717, 1.165) is 39.3 Å². The van der Waals surface area contributed by atoms with Crippen molar-refractivity contribution in [2.24, 2.45) is 5.92 Å². The third-order valence-corrected chi connectivity index (χ3v) is 5.41. The lowest BCUT2D eigenvalue weighted by Crippen LogP contribution is -2.53. The highest BCUT2D eigenvalue weighted by atomic mass is 16.7. The number of carboxylic acid groups (broad SMARTS) is 1. The first-order valence-corrected chi connectivity index (χ1v) is 9.03. The van der Waals surface area contributed by atoms with Crippen molar-refractivity contribution < 1.29 is 19.5 Å². The number of carboxylic acids is 1. The highest BCUT2D eigenvalue weighted by Crippen LogP contribution is 2.19. The van der Waals surface area contributed by atoms with E-state index in [-0.39, 0.29) is 12.0 Å². The van der Waals surface area contributed by atoms with Gasteiger partial charge in [-0.15, -0.1) is 5.06 Å². The summed E-state index contributed by atoms with van der Waals surface area (Å²) >= 11 is 0. The lowest BCUT2D eigenvalue weighted by atomic mass is 9.97. The predicted octanol–water partition coefficient (Wildman–Crippen LogP) is 0.204. The maximum atomic E-state index is 12.2. The quantitative estimate of drug-likeness (QED) is 0.759. The molecule has 0 aliphatic carbocycles. The van der Waals surface area contributed by atoms with Crippen LogP contribution in [0.15, 0.2) is 0 Å². The number of hydroxylamine groups is 2. The lowest BCUT2D eigenvalue weighted by molar-refractivity contribution is -0.146. The van der Waals surface area contributed by atoms with E-state index in [0.29, 0.717) is 32.0 Å². The maximum Gasteiger partial charge on any atom is 0.428 e. The minimum atomic E-state index is -0.767. The molecule has 0 atom stereocenters. The Morgan fingerprint density at radius 2 is 1.54 bits per heavy atom. The van der Waals surface area contributed by atoms with Gasteiger partial charge < -0.3 is 20.2 Å². The first kappa shape index (κ1) is 17.4. The first-order chi connectivity index (χ1) is 11.6. The molecular weight excluding hydrogens is 312 g/mol. The molecule has 1 amide bonds. The number of hydrogen-bond acceptors (Lipinski definition) is 6. The Bertz CT molecular complexity index is 439. The Balaban J connectivity index is 1.38. The molecule has 3 fully saturated rings. The second kappa shape index (κ2) is 8.13. The molecule has 0 bridgehead atoms. The Morgan fingerprint density at radius 1 is 0.917 bits per heavy atom. The zero-order valence-electron chi connectivity index (χ0n) is 14.2. The third-order valence-electron chi connectivity index (χ3n) is 5.41. The molecule has 3 aliphatic rings. The number of amides is 1. The van der Waals surface area contributed by atoms with E-state index in [9.17, 15) is 9.59 Å². The highest BCUT2D eigenvalue weighted by Gasteiger charge is 2.30. The topological polar surface area (TPSA) is 85.3 Å². The second-order valence-corrected chi connectivity index (χ2v) is 6.90. The Morgan fingerprint density at radius 3 is 2.12 bits per heavy atom. The van der Waals surface area contributed by atoms with E-state index in [1.807, 2.05) is 0 Å². The van der Waals surface area contributed by atoms with Gasteiger partial charge >= 0.3 is 12.1 Å². The fraction of sp³-hybridized carbons (Fsp3) is 0.875. The number of carbonyl (C=O) groups excluding carboxylic acids is 1. The molecule has 136 valence electrons. The van der Waals surface area contributed by atoms with Gasteiger partial charge in [0.15, 0.2) is 0 Å². The van der Waals surface area contributed by atoms with Gasteiger partial charge in [0.05, 0.1) is 5.92 Å². The summed E-state index contributed by atoms with van der Waals surface area (Å²) in [7, 11) is 0. The minimum Gasteiger partial charge on any atom is -0.481 e. The van der Waals surface area contributed by atoms with Crippen LogP contribution in [0.3, 0.4) is 0 Å². The highest BCUT2D eigenvalue weighted by molar-refractivity contribution is 5.71. The Kier molecular flexibility index (Phi) is 5.91. The number of piperidine rings is 2. The van der Waals surface area contributed by atoms with Gasteiger partial charge in [0.1, 0.15) is 0 Å². The molecule has 0 aromatic carbocycles. The molecule has 24 heavy (non-hydrogen) atoms. The van der Waals surface area contributed by atoms with Gasteiger partial charge in [0.2, 0.25) is 0 Å². The number of nitrogens with one attached hydrogen (secondary N) is 1. The number of likely N-dealkylation sites (tertiary alicyclic amines) is 1. The van der Waals surface area contributed by atoms with E-state index < -0.39 is 5.97 Å². The van der Waals surface area contributed by atoms with Gasteiger partial charge in [0.25, 0.3) is 0 Å². The second-order valence-electron chi connectivity index (χ2n) is 6.90. The zero-order valence-corrected chi connectivity index (χ0v) is 14.2. The van der Waals surface area contributed by atoms with E-state index in [1.54, 1.807) is 9.96 Å². The van der Waals surface area contributed by atoms with Crippen LogP contribution < -0.4 is 5.32 Å². The molecule has 8 nitrogen and oxygen atoms in total. The summed E-state index contributed by atoms with van der Waals surface area (Å²) < 4.78 is 0. The van der Waals surface area contributed by atoms with Crippen molar-refractivity contribution in [2.45, 2.75) is 31.7 Å². The SMILES string of the molecule is O=C(O)C1CCN(C(=O)ON2CCN(C3CCNCC3)CC2)CC1. The normalized spacial score (nSPS) is 25.6. The monoisotopic (exact) mass is 340 g/mol. The average molecular weight is 340 g/mol. The molecule has 0 spiro atoms. The van der Waals surface area contributed by atoms with Gasteiger partial charge in [-0.25, -0.2) is 4.79 Å². The van der Waals surface area contributed by atoms with Crippen LogP contribution in [-0.4, -0.2) is 90.4 Å². The fourth-order valence-corrected chi connectivity index (χ4v) is 3.81. The lowest BCUT2D eigenvalue weighted by Gasteiger charge is -2.40. The molecule has 3 saturated heterocycles. The van der Waals surface area contributed by atoms with Crippen LogP contribution in [0.25, 0.3) is 0 Å². The zero-order chi connectivity index (χ0) is 16.9. The first-order valence-electron chi connectivity index (χ1n) is 9.03. The summed E-state index contributed by atoms with van der Waals surface area (Å²) in [6.45, 7) is 6.44. The van der Waals surface area contributed by atoms with Crippen molar-refractivity contribution in [3.63, 3.8) is 0 Å². The van der Waals surface area contributed by atoms with Crippen LogP contribution in [0.4, 0.5) is 4.79 Å². The fourth-order valence-electron chi connectivity index (χ4n) is 3.81. The molecule has 0 saturated carbocycles. The Labute approximate surface area is 142 Å². The van der Waals surface area contributed by atoms with Crippen molar-refractivity contribution in [1.82, 2.24) is 20.2 Å². The van der Waals surface area contributed by atoms with Gasteiger partial charge in [0, 0.05) is 45.3 Å². The molecule has 3 heterocycles. The van der Waals surface area contributed by atoms with E-state index in [4.69, 9.17) is 9.94 Å². The largest absolute Gasteiger partial charge is 0.481 e. The van der Waals surface area contributed by atoms with Crippen molar-refractivity contribution in [1.29, 1.82) is 0 Å². The van der Waals surface area contributed by atoms with Crippen LogP contribution in [0.5, 0.6) is 0 Å².